The van der Waals surface area contributed by atoms with Crippen molar-refractivity contribution in [2.24, 2.45) is 5.29 Å². The van der Waals surface area contributed by atoms with Crippen LogP contribution >= 0.6 is 0 Å². The van der Waals surface area contributed by atoms with E-state index in [1.165, 1.54) is 5.01 Å². The Morgan fingerprint density at radius 1 is 1.44 bits per heavy atom. The highest BCUT2D eigenvalue weighted by Crippen LogP contribution is 2.27. The Morgan fingerprint density at radius 3 is 2.33 bits per heavy atom. The number of fused-ring (bicyclic) bond motifs is 2. The van der Waals surface area contributed by atoms with Gasteiger partial charge in [-0.1, -0.05) is 0 Å². The summed E-state index contributed by atoms with van der Waals surface area (Å²) in [5.74, 6) is 0. The molecule has 0 aromatic rings. The van der Waals surface area contributed by atoms with Crippen LogP contribution in [0.4, 0.5) is 0 Å². The van der Waals surface area contributed by atoms with Crippen LogP contribution in [0, 0.1) is 4.91 Å². The summed E-state index contributed by atoms with van der Waals surface area (Å²) in [4.78, 5) is 9.95. The van der Waals surface area contributed by atoms with Gasteiger partial charge in [-0.25, -0.2) is 0 Å². The van der Waals surface area contributed by atoms with E-state index in [4.69, 9.17) is 4.74 Å². The van der Waals surface area contributed by atoms with Crippen molar-refractivity contribution in [1.82, 2.24) is 5.01 Å². The van der Waals surface area contributed by atoms with Crippen molar-refractivity contribution in [2.45, 2.75) is 18.6 Å². The highest BCUT2D eigenvalue weighted by atomic mass is 16.5. The number of hydrogen-bond donors (Lipinski definition) is 0. The fraction of sp³-hybridized carbons (Fsp3) is 1.00. The van der Waals surface area contributed by atoms with Crippen molar-refractivity contribution < 1.29 is 4.74 Å². The first-order valence-corrected chi connectivity index (χ1v) is 3.12. The van der Waals surface area contributed by atoms with Gasteiger partial charge in [-0.3, -0.25) is 5.01 Å². The molecular weight excluding hydrogens is 120 g/mol. The summed E-state index contributed by atoms with van der Waals surface area (Å²) < 4.78 is 5.27. The van der Waals surface area contributed by atoms with Crippen LogP contribution < -0.4 is 0 Å². The lowest BCUT2D eigenvalue weighted by Gasteiger charge is -2.44. The van der Waals surface area contributed by atoms with Crippen molar-refractivity contribution >= 4 is 0 Å². The van der Waals surface area contributed by atoms with E-state index in [1.807, 2.05) is 0 Å². The Kier molecular flexibility index (Phi) is 0.958. The SMILES string of the molecule is O=NN1CC2CC(C1)O2. The third kappa shape index (κ3) is 0.702. The number of hydrogen-bond acceptors (Lipinski definition) is 3. The number of piperidine rings is 1. The van der Waals surface area contributed by atoms with Crippen molar-refractivity contribution in [3.05, 3.63) is 4.91 Å². The lowest BCUT2D eigenvalue weighted by atomic mass is 10.0. The summed E-state index contributed by atoms with van der Waals surface area (Å²) in [5, 5.41) is 4.36. The summed E-state index contributed by atoms with van der Waals surface area (Å²) in [5.41, 5.74) is 0. The van der Waals surface area contributed by atoms with Crippen molar-refractivity contribution in [3.63, 3.8) is 0 Å². The molecular formula is C5H8N2O2. The summed E-state index contributed by atoms with van der Waals surface area (Å²) in [6, 6.07) is 0. The second kappa shape index (κ2) is 1.67. The lowest BCUT2D eigenvalue weighted by molar-refractivity contribution is -0.181. The Morgan fingerprint density at radius 2 is 2.00 bits per heavy atom. The van der Waals surface area contributed by atoms with E-state index >= 15 is 0 Å². The van der Waals surface area contributed by atoms with Gasteiger partial charge in [-0.2, -0.15) is 0 Å². The molecule has 0 aliphatic carbocycles. The molecule has 0 N–H and O–H groups in total. The van der Waals surface area contributed by atoms with E-state index in [0.717, 1.165) is 6.42 Å². The van der Waals surface area contributed by atoms with Gasteiger partial charge in [-0.15, -0.1) is 4.91 Å². The zero-order valence-corrected chi connectivity index (χ0v) is 4.99. The number of rotatable bonds is 1. The molecule has 2 bridgehead atoms. The largest absolute Gasteiger partial charge is 0.371 e. The minimum absolute atomic E-state index is 0.293. The molecule has 0 amide bonds. The van der Waals surface area contributed by atoms with Gasteiger partial charge in [0.1, 0.15) is 0 Å². The van der Waals surface area contributed by atoms with Gasteiger partial charge in [0.2, 0.25) is 0 Å². The van der Waals surface area contributed by atoms with Crippen molar-refractivity contribution in [2.75, 3.05) is 13.1 Å². The van der Waals surface area contributed by atoms with Gasteiger partial charge in [0.15, 0.2) is 0 Å². The van der Waals surface area contributed by atoms with E-state index in [9.17, 15) is 4.91 Å². The van der Waals surface area contributed by atoms with E-state index in [-0.39, 0.29) is 0 Å². The fourth-order valence-electron chi connectivity index (χ4n) is 1.40. The smallest absolute Gasteiger partial charge is 0.0798 e. The molecule has 0 aromatic heterocycles. The normalized spacial score (nSPS) is 39.8. The number of ether oxygens (including phenoxy) is 1. The van der Waals surface area contributed by atoms with E-state index < -0.39 is 0 Å². The first kappa shape index (κ1) is 5.17. The molecule has 3 rings (SSSR count). The van der Waals surface area contributed by atoms with Crippen LogP contribution in [0.2, 0.25) is 0 Å². The molecule has 2 atom stereocenters. The molecule has 3 heterocycles. The number of nitroso groups, excluding NO2 is 1. The maximum Gasteiger partial charge on any atom is 0.0798 e. The second-order valence-corrected chi connectivity index (χ2v) is 2.57. The maximum atomic E-state index is 9.95. The fourth-order valence-corrected chi connectivity index (χ4v) is 1.40. The molecule has 50 valence electrons. The summed E-state index contributed by atoms with van der Waals surface area (Å²) in [7, 11) is 0. The van der Waals surface area contributed by atoms with Crippen LogP contribution in [-0.4, -0.2) is 30.3 Å². The van der Waals surface area contributed by atoms with Gasteiger partial charge in [0.05, 0.1) is 30.6 Å². The molecule has 0 aromatic carbocycles. The van der Waals surface area contributed by atoms with Gasteiger partial charge in [0.25, 0.3) is 0 Å². The van der Waals surface area contributed by atoms with E-state index in [0.29, 0.717) is 25.3 Å². The Hall–Kier alpha value is -0.640. The number of morpholine rings is 1. The van der Waals surface area contributed by atoms with Crippen LogP contribution in [0.25, 0.3) is 0 Å². The molecule has 3 saturated heterocycles. The highest BCUT2D eigenvalue weighted by molar-refractivity contribution is 4.87. The third-order valence-electron chi connectivity index (χ3n) is 1.85. The van der Waals surface area contributed by atoms with Crippen LogP contribution in [0.15, 0.2) is 5.29 Å². The van der Waals surface area contributed by atoms with Gasteiger partial charge in [-0.05, 0) is 0 Å². The van der Waals surface area contributed by atoms with Crippen LogP contribution in [0.1, 0.15) is 6.42 Å². The zero-order valence-electron chi connectivity index (χ0n) is 4.99. The lowest BCUT2D eigenvalue weighted by Crippen LogP contribution is -2.55. The van der Waals surface area contributed by atoms with Gasteiger partial charge >= 0.3 is 0 Å². The molecule has 0 radical (unpaired) electrons. The first-order chi connectivity index (χ1) is 4.38. The molecule has 3 aliphatic rings. The average Bonchev–Trinajstić information content (AvgIpc) is 1.87. The van der Waals surface area contributed by atoms with Crippen LogP contribution in [0.3, 0.4) is 0 Å². The predicted molar refractivity (Wildman–Crippen MR) is 30.6 cm³/mol. The summed E-state index contributed by atoms with van der Waals surface area (Å²) in [6.45, 7) is 1.39. The van der Waals surface area contributed by atoms with Crippen LogP contribution in [0.5, 0.6) is 0 Å². The first-order valence-electron chi connectivity index (χ1n) is 3.12. The predicted octanol–water partition coefficient (Wildman–Crippen LogP) is 0.141. The minimum Gasteiger partial charge on any atom is -0.371 e. The number of nitrogens with zero attached hydrogens (tertiary/aromatic N) is 2. The Bertz CT molecular complexity index is 123. The monoisotopic (exact) mass is 128 g/mol. The highest BCUT2D eigenvalue weighted by Gasteiger charge is 2.38. The van der Waals surface area contributed by atoms with Crippen molar-refractivity contribution in [1.29, 1.82) is 0 Å². The average molecular weight is 128 g/mol. The standard InChI is InChI=1S/C5H8N2O2/c8-6-7-2-4-1-5(3-7)9-4/h4-5H,1-3H2. The topological polar surface area (TPSA) is 41.9 Å². The molecule has 0 spiro atoms. The van der Waals surface area contributed by atoms with Gasteiger partial charge in [0, 0.05) is 6.42 Å². The second-order valence-electron chi connectivity index (χ2n) is 2.57. The summed E-state index contributed by atoms with van der Waals surface area (Å²) in [6.07, 6.45) is 1.70. The molecule has 2 unspecified atom stereocenters. The quantitative estimate of drug-likeness (QED) is 0.472. The maximum absolute atomic E-state index is 9.95. The minimum atomic E-state index is 0.293. The zero-order chi connectivity index (χ0) is 6.27. The Labute approximate surface area is 52.7 Å². The van der Waals surface area contributed by atoms with E-state index in [1.54, 1.807) is 0 Å². The van der Waals surface area contributed by atoms with Crippen LogP contribution in [-0.2, 0) is 4.74 Å². The van der Waals surface area contributed by atoms with Gasteiger partial charge < -0.3 is 4.74 Å². The molecule has 4 heteroatoms. The van der Waals surface area contributed by atoms with E-state index in [2.05, 4.69) is 5.29 Å². The molecule has 3 aliphatic heterocycles. The summed E-state index contributed by atoms with van der Waals surface area (Å²) >= 11 is 0. The molecule has 0 saturated carbocycles. The molecule has 4 nitrogen and oxygen atoms in total. The molecule has 9 heavy (non-hydrogen) atoms. The molecule has 3 fully saturated rings. The van der Waals surface area contributed by atoms with Crippen molar-refractivity contribution in [3.8, 4) is 0 Å². The third-order valence-corrected chi connectivity index (χ3v) is 1.85. The Balaban J connectivity index is 1.96.